The number of nitrogens with two attached hydrogens (primary N) is 1. The highest BCUT2D eigenvalue weighted by Crippen LogP contribution is 2.39. The molecule has 20 nitrogen and oxygen atoms in total. The molecule has 3 aromatic carbocycles. The zero-order valence-corrected chi connectivity index (χ0v) is 47.3. The molecule has 4 heterocycles. The zero-order valence-electron chi connectivity index (χ0n) is 47.3. The van der Waals surface area contributed by atoms with Crippen LogP contribution in [-0.4, -0.2) is 136 Å². The van der Waals surface area contributed by atoms with Crippen LogP contribution >= 0.6 is 0 Å². The topological polar surface area (TPSA) is 257 Å². The van der Waals surface area contributed by atoms with Crippen molar-refractivity contribution in [2.24, 2.45) is 29.4 Å². The monoisotopic (exact) mass is 1150 g/mol. The third-order valence-corrected chi connectivity index (χ3v) is 15.0. The molecule has 0 spiro atoms. The van der Waals surface area contributed by atoms with Crippen molar-refractivity contribution < 1.29 is 61.0 Å². The van der Waals surface area contributed by atoms with Crippen molar-refractivity contribution in [3.63, 3.8) is 0 Å². The summed E-state index contributed by atoms with van der Waals surface area (Å²) in [5.74, 6) is -5.42. The standard InChI is InChI=1S/C60H75F3N10O10/c1-37(2)53(69-50(74)15-9-6-10-27-72-51(75)22-23-52(72)76)57(78)68-48(14-11-26-65-59(64)80)56(77)66-44-19-16-40(17-20-44)36-83-60(81)71-32-42(47(63)34-71)33-73(58(79)38(3)4)54(41-24-28-82-29-25-41)55-67-49(45-30-43(61)18-21-46(45)62)35-70(55)31-39-12-7-5-8-13-39/h5,7-8,12-13,16-23,30,35,37-38,41-42,47-48,53-54H,6,9-11,14-15,24-29,31-34,36H2,1-4H3,(H,66,77)(H,68,78)(H,69,74)(H3,64,65,80)/t42-,47-,48-,53-,54+/m0/s1. The number of hydrogen-bond donors (Lipinski definition) is 5. The Kier molecular flexibility index (Phi) is 22.4. The molecule has 23 heteroatoms. The fourth-order valence-electron chi connectivity index (χ4n) is 10.5. The van der Waals surface area contributed by atoms with Crippen molar-refractivity contribution in [1.29, 1.82) is 0 Å². The van der Waals surface area contributed by atoms with E-state index in [4.69, 9.17) is 20.2 Å². The van der Waals surface area contributed by atoms with Crippen LogP contribution in [0, 0.1) is 35.3 Å². The molecule has 83 heavy (non-hydrogen) atoms. The number of likely N-dealkylation sites (tertiary alicyclic amines) is 1. The van der Waals surface area contributed by atoms with Gasteiger partial charge in [0.15, 0.2) is 0 Å². The molecule has 0 saturated carbocycles. The number of amides is 9. The Morgan fingerprint density at radius 2 is 1.55 bits per heavy atom. The van der Waals surface area contributed by atoms with Gasteiger partial charge in [0.1, 0.15) is 42.3 Å². The van der Waals surface area contributed by atoms with Gasteiger partial charge in [0.05, 0.1) is 18.3 Å². The van der Waals surface area contributed by atoms with Crippen molar-refractivity contribution in [3.05, 3.63) is 120 Å². The average Bonchev–Trinajstić information content (AvgIpc) is 4.39. The normalized spacial score (nSPS) is 17.4. The summed E-state index contributed by atoms with van der Waals surface area (Å²) in [6.07, 6.45) is 4.79. The fraction of sp³-hybridized carbons (Fsp3) is 0.483. The second-order valence-corrected chi connectivity index (χ2v) is 21.9. The highest BCUT2D eigenvalue weighted by atomic mass is 19.1. The molecular formula is C60H75F3N10O10. The number of ether oxygens (including phenoxy) is 2. The van der Waals surface area contributed by atoms with Crippen LogP contribution in [0.3, 0.4) is 0 Å². The van der Waals surface area contributed by atoms with Crippen LogP contribution in [0.5, 0.6) is 0 Å². The molecule has 5 atom stereocenters. The third-order valence-electron chi connectivity index (χ3n) is 15.0. The van der Waals surface area contributed by atoms with Gasteiger partial charge < -0.3 is 50.8 Å². The number of nitrogens with zero attached hydrogens (tertiary/aromatic N) is 5. The van der Waals surface area contributed by atoms with Crippen molar-refractivity contribution in [2.45, 2.75) is 117 Å². The minimum Gasteiger partial charge on any atom is -0.445 e. The van der Waals surface area contributed by atoms with Crippen LogP contribution in [0.25, 0.3) is 11.3 Å². The smallest absolute Gasteiger partial charge is 0.410 e. The fourth-order valence-corrected chi connectivity index (χ4v) is 10.5. The molecule has 2 fully saturated rings. The number of urea groups is 1. The lowest BCUT2D eigenvalue weighted by Crippen LogP contribution is -2.54. The van der Waals surface area contributed by atoms with Gasteiger partial charge in [-0.05, 0) is 91.8 Å². The van der Waals surface area contributed by atoms with E-state index in [1.807, 2.05) is 34.9 Å². The van der Waals surface area contributed by atoms with Gasteiger partial charge in [-0.25, -0.2) is 27.7 Å². The van der Waals surface area contributed by atoms with E-state index in [0.717, 1.165) is 28.7 Å². The quantitative estimate of drug-likeness (QED) is 0.0302. The Hall–Kier alpha value is -8.08. The van der Waals surface area contributed by atoms with Gasteiger partial charge in [-0.3, -0.25) is 33.7 Å². The van der Waals surface area contributed by atoms with Gasteiger partial charge in [0.25, 0.3) is 11.8 Å². The average molecular weight is 1150 g/mol. The number of rotatable bonds is 27. The first-order chi connectivity index (χ1) is 39.8. The second kappa shape index (κ2) is 29.8. The number of aromatic nitrogens is 2. The molecule has 4 aromatic rings. The molecule has 3 aliphatic rings. The SMILES string of the molecule is CC(C)C(=O)N(C[C@@H]1CN(C(=O)OCc2ccc(NC(=O)[C@H](CCCNC(N)=O)NC(=O)[C@@H](NC(=O)CCCCCN3C(=O)C=CC3=O)C(C)C)cc2)C[C@@H]1F)[C@@H](c1nc(-c2cc(F)ccc2F)cn1Cc1ccccc1)C1CCOCC1. The third kappa shape index (κ3) is 17.5. The molecule has 2 saturated heterocycles. The Morgan fingerprint density at radius 1 is 0.843 bits per heavy atom. The molecule has 3 aliphatic heterocycles. The summed E-state index contributed by atoms with van der Waals surface area (Å²) in [6.45, 7) is 7.80. The number of benzene rings is 3. The summed E-state index contributed by atoms with van der Waals surface area (Å²) < 4.78 is 59.7. The number of alkyl halides is 1. The predicted octanol–water partition coefficient (Wildman–Crippen LogP) is 6.93. The largest absolute Gasteiger partial charge is 0.445 e. The van der Waals surface area contributed by atoms with Crippen LogP contribution in [-0.2, 0) is 51.4 Å². The highest BCUT2D eigenvalue weighted by Gasteiger charge is 2.43. The lowest BCUT2D eigenvalue weighted by atomic mass is 9.88. The molecule has 6 N–H and O–H groups in total. The molecule has 0 radical (unpaired) electrons. The Balaban J connectivity index is 0.976. The minimum absolute atomic E-state index is 0.0474. The van der Waals surface area contributed by atoms with Crippen molar-refractivity contribution in [3.8, 4) is 11.3 Å². The maximum absolute atomic E-state index is 16.4. The summed E-state index contributed by atoms with van der Waals surface area (Å²) in [4.78, 5) is 113. The first-order valence-corrected chi connectivity index (χ1v) is 28.3. The minimum atomic E-state index is -1.54. The predicted molar refractivity (Wildman–Crippen MR) is 301 cm³/mol. The molecular weight excluding hydrogens is 1080 g/mol. The van der Waals surface area contributed by atoms with Crippen LogP contribution in [0.2, 0.25) is 0 Å². The summed E-state index contributed by atoms with van der Waals surface area (Å²) in [7, 11) is 0. The molecule has 7 rings (SSSR count). The molecule has 9 amide bonds. The Bertz CT molecular complexity index is 2940. The van der Waals surface area contributed by atoms with E-state index in [0.29, 0.717) is 62.4 Å². The van der Waals surface area contributed by atoms with Gasteiger partial charge in [-0.1, -0.05) is 76.6 Å². The summed E-state index contributed by atoms with van der Waals surface area (Å²) in [5.41, 5.74) is 7.12. The number of imidazole rings is 1. The number of imide groups is 1. The maximum Gasteiger partial charge on any atom is 0.410 e. The van der Waals surface area contributed by atoms with Crippen molar-refractivity contribution in [2.75, 3.05) is 51.3 Å². The highest BCUT2D eigenvalue weighted by molar-refractivity contribution is 6.12. The Labute approximate surface area is 481 Å². The second-order valence-electron chi connectivity index (χ2n) is 21.9. The number of carbonyl (C=O) groups excluding carboxylic acids is 8. The molecule has 0 aliphatic carbocycles. The summed E-state index contributed by atoms with van der Waals surface area (Å²) in [5, 5.41) is 10.8. The lowest BCUT2D eigenvalue weighted by molar-refractivity contribution is -0.141. The number of hydrogen-bond acceptors (Lipinski definition) is 11. The molecule has 0 bridgehead atoms. The summed E-state index contributed by atoms with van der Waals surface area (Å²) in [6, 6.07) is 15.4. The van der Waals surface area contributed by atoms with Crippen LogP contribution in [0.1, 0.15) is 102 Å². The van der Waals surface area contributed by atoms with E-state index in [1.165, 1.54) is 17.1 Å². The molecule has 446 valence electrons. The summed E-state index contributed by atoms with van der Waals surface area (Å²) >= 11 is 0. The Morgan fingerprint density at radius 3 is 2.23 bits per heavy atom. The number of anilines is 1. The van der Waals surface area contributed by atoms with Gasteiger partial charge >= 0.3 is 12.1 Å². The van der Waals surface area contributed by atoms with Crippen LogP contribution in [0.4, 0.5) is 28.4 Å². The van der Waals surface area contributed by atoms with Gasteiger partial charge in [0.2, 0.25) is 23.6 Å². The van der Waals surface area contributed by atoms with Gasteiger partial charge in [0, 0.05) is 93.8 Å². The van der Waals surface area contributed by atoms with E-state index in [-0.39, 0.29) is 112 Å². The van der Waals surface area contributed by atoms with E-state index in [9.17, 15) is 42.7 Å². The van der Waals surface area contributed by atoms with Crippen LogP contribution in [0.15, 0.2) is 91.1 Å². The molecule has 0 unspecified atom stereocenters. The number of halogens is 3. The first kappa shape index (κ1) is 62.5. The number of primary amides is 1. The number of carbonyl (C=O) groups is 8. The van der Waals surface area contributed by atoms with Crippen molar-refractivity contribution in [1.82, 2.24) is 40.2 Å². The zero-order chi connectivity index (χ0) is 59.7. The lowest BCUT2D eigenvalue weighted by Gasteiger charge is -2.40. The maximum atomic E-state index is 16.4. The van der Waals surface area contributed by atoms with E-state index >= 15 is 8.78 Å². The molecule has 1 aromatic heterocycles. The van der Waals surface area contributed by atoms with Gasteiger partial charge in [-0.2, -0.15) is 0 Å². The van der Waals surface area contributed by atoms with E-state index in [1.54, 1.807) is 63.1 Å². The van der Waals surface area contributed by atoms with Crippen molar-refractivity contribution >= 4 is 53.3 Å². The van der Waals surface area contributed by atoms with Crippen LogP contribution < -0.4 is 27.0 Å². The van der Waals surface area contributed by atoms with E-state index in [2.05, 4.69) is 21.3 Å². The first-order valence-electron chi connectivity index (χ1n) is 28.3. The number of unbranched alkanes of at least 4 members (excludes halogenated alkanes) is 2. The van der Waals surface area contributed by atoms with Gasteiger partial charge in [-0.15, -0.1) is 0 Å². The van der Waals surface area contributed by atoms with E-state index < -0.39 is 71.7 Å². The number of nitrogens with one attached hydrogen (secondary N) is 4.